The van der Waals surface area contributed by atoms with E-state index in [4.69, 9.17) is 21.1 Å². The van der Waals surface area contributed by atoms with Crippen LogP contribution in [0.4, 0.5) is 0 Å². The molecule has 0 bridgehead atoms. The van der Waals surface area contributed by atoms with Gasteiger partial charge in [-0.1, -0.05) is 0 Å². The number of hydrogen-bond donors (Lipinski definition) is 7. The summed E-state index contributed by atoms with van der Waals surface area (Å²) in [5.74, 6) is -5.46. The molecule has 0 aromatic carbocycles. The third-order valence-corrected chi connectivity index (χ3v) is 4.45. The first-order valence-corrected chi connectivity index (χ1v) is 8.89. The summed E-state index contributed by atoms with van der Waals surface area (Å²) in [4.78, 5) is 60.3. The van der Waals surface area contributed by atoms with E-state index in [1.165, 1.54) is 6.92 Å². The average Bonchev–Trinajstić information content (AvgIpc) is 3.13. The van der Waals surface area contributed by atoms with Crippen LogP contribution in [0.3, 0.4) is 0 Å². The normalized spacial score (nSPS) is 20.3. The lowest BCUT2D eigenvalue weighted by Gasteiger charge is -2.29. The number of carboxylic acid groups (broad SMARTS) is 2. The molecular formula is C16H26N4O9. The minimum absolute atomic E-state index is 0.0855. The molecular weight excluding hydrogens is 392 g/mol. The number of carbonyl (C=O) groups is 5. The van der Waals surface area contributed by atoms with E-state index in [9.17, 15) is 29.1 Å². The van der Waals surface area contributed by atoms with E-state index in [-0.39, 0.29) is 13.0 Å². The van der Waals surface area contributed by atoms with Crippen LogP contribution in [0.25, 0.3) is 0 Å². The van der Waals surface area contributed by atoms with Crippen molar-refractivity contribution >= 4 is 29.7 Å². The van der Waals surface area contributed by atoms with Crippen molar-refractivity contribution in [2.24, 2.45) is 5.73 Å². The number of nitrogens with one attached hydrogen (secondary N) is 2. The molecule has 8 N–H and O–H groups in total. The topological polar surface area (TPSA) is 220 Å². The Balaban J connectivity index is 2.95. The Hall–Kier alpha value is -2.77. The van der Waals surface area contributed by atoms with Gasteiger partial charge in [0, 0.05) is 6.54 Å². The summed E-state index contributed by atoms with van der Waals surface area (Å²) in [6.45, 7) is 0.484. The van der Waals surface area contributed by atoms with Crippen molar-refractivity contribution in [1.82, 2.24) is 15.5 Å². The Labute approximate surface area is 165 Å². The minimum atomic E-state index is -1.56. The molecule has 13 heteroatoms. The second-order valence-electron chi connectivity index (χ2n) is 6.70. The van der Waals surface area contributed by atoms with Crippen LogP contribution < -0.4 is 16.4 Å². The highest BCUT2D eigenvalue weighted by Crippen LogP contribution is 2.19. The van der Waals surface area contributed by atoms with Crippen molar-refractivity contribution in [3.63, 3.8) is 0 Å². The number of nitrogens with two attached hydrogens (primary N) is 1. The first kappa shape index (κ1) is 24.3. The van der Waals surface area contributed by atoms with Gasteiger partial charge in [-0.2, -0.15) is 0 Å². The third-order valence-electron chi connectivity index (χ3n) is 4.45. The molecule has 0 aromatic heterocycles. The fraction of sp³-hybridized carbons (Fsp3) is 0.688. The molecule has 0 saturated carbocycles. The lowest BCUT2D eigenvalue weighted by atomic mass is 10.1. The molecule has 5 atom stereocenters. The summed E-state index contributed by atoms with van der Waals surface area (Å²) >= 11 is 0. The van der Waals surface area contributed by atoms with Crippen molar-refractivity contribution in [3.05, 3.63) is 0 Å². The monoisotopic (exact) mass is 418 g/mol. The van der Waals surface area contributed by atoms with E-state index in [0.29, 0.717) is 6.42 Å². The molecule has 0 radical (unpaired) electrons. The highest BCUT2D eigenvalue weighted by Gasteiger charge is 2.39. The molecule has 13 nitrogen and oxygen atoms in total. The van der Waals surface area contributed by atoms with Gasteiger partial charge in [0.05, 0.1) is 19.1 Å². The van der Waals surface area contributed by atoms with Crippen LogP contribution in [-0.4, -0.2) is 98.4 Å². The predicted molar refractivity (Wildman–Crippen MR) is 95.2 cm³/mol. The Morgan fingerprint density at radius 1 is 1.14 bits per heavy atom. The van der Waals surface area contributed by atoms with Gasteiger partial charge >= 0.3 is 11.9 Å². The van der Waals surface area contributed by atoms with Crippen molar-refractivity contribution in [3.8, 4) is 0 Å². The number of carbonyl (C=O) groups excluding carboxylic acids is 3. The molecule has 5 unspecified atom stereocenters. The standard InChI is InChI=1S/C16H26N4O9/c1-7(22)12(17)14(26)18-8(5-11(23)24)15(27)20-4-2-3-10(20)13(25)19-9(6-21)16(28)29/h7-10,12,21-22H,2-6,17H2,1H3,(H,18,26)(H,19,25)(H,23,24)(H,28,29). The molecule has 1 fully saturated rings. The largest absolute Gasteiger partial charge is 0.481 e. The molecule has 29 heavy (non-hydrogen) atoms. The van der Waals surface area contributed by atoms with Crippen molar-refractivity contribution < 1.29 is 44.4 Å². The molecule has 1 rings (SSSR count). The second-order valence-corrected chi connectivity index (χ2v) is 6.70. The number of rotatable bonds is 10. The van der Waals surface area contributed by atoms with Crippen LogP contribution in [0.1, 0.15) is 26.2 Å². The lowest BCUT2D eigenvalue weighted by Crippen LogP contribution is -2.58. The summed E-state index contributed by atoms with van der Waals surface area (Å²) < 4.78 is 0. The molecule has 1 heterocycles. The maximum Gasteiger partial charge on any atom is 0.328 e. The highest BCUT2D eigenvalue weighted by molar-refractivity contribution is 5.96. The first-order valence-electron chi connectivity index (χ1n) is 8.89. The van der Waals surface area contributed by atoms with Gasteiger partial charge < -0.3 is 41.7 Å². The summed E-state index contributed by atoms with van der Waals surface area (Å²) in [7, 11) is 0. The average molecular weight is 418 g/mol. The van der Waals surface area contributed by atoms with Gasteiger partial charge in [0.1, 0.15) is 24.2 Å². The quantitative estimate of drug-likeness (QED) is 0.183. The van der Waals surface area contributed by atoms with E-state index < -0.39 is 73.0 Å². The Morgan fingerprint density at radius 2 is 1.76 bits per heavy atom. The van der Waals surface area contributed by atoms with Crippen molar-refractivity contribution in [1.29, 1.82) is 0 Å². The summed E-state index contributed by atoms with van der Waals surface area (Å²) in [6.07, 6.45) is -1.44. The number of likely N-dealkylation sites (tertiary alicyclic amines) is 1. The van der Waals surface area contributed by atoms with Gasteiger partial charge in [0.15, 0.2) is 0 Å². The van der Waals surface area contributed by atoms with Gasteiger partial charge in [-0.3, -0.25) is 19.2 Å². The second kappa shape index (κ2) is 10.7. The van der Waals surface area contributed by atoms with Gasteiger partial charge in [0.2, 0.25) is 17.7 Å². The Bertz CT molecular complexity index is 654. The highest BCUT2D eigenvalue weighted by atomic mass is 16.4. The third kappa shape index (κ3) is 6.66. The molecule has 1 aliphatic rings. The van der Waals surface area contributed by atoms with Gasteiger partial charge in [-0.15, -0.1) is 0 Å². The molecule has 1 aliphatic heterocycles. The maximum absolute atomic E-state index is 12.8. The SMILES string of the molecule is CC(O)C(N)C(=O)NC(CC(=O)O)C(=O)N1CCCC1C(=O)NC(CO)C(=O)O. The minimum Gasteiger partial charge on any atom is -0.481 e. The number of amides is 3. The number of carboxylic acids is 2. The van der Waals surface area contributed by atoms with E-state index in [2.05, 4.69) is 10.6 Å². The van der Waals surface area contributed by atoms with Crippen LogP contribution >= 0.6 is 0 Å². The molecule has 0 spiro atoms. The smallest absolute Gasteiger partial charge is 0.328 e. The Morgan fingerprint density at radius 3 is 2.24 bits per heavy atom. The van der Waals surface area contributed by atoms with Gasteiger partial charge in [-0.05, 0) is 19.8 Å². The van der Waals surface area contributed by atoms with E-state index >= 15 is 0 Å². The van der Waals surface area contributed by atoms with Crippen LogP contribution in [0.2, 0.25) is 0 Å². The Kier molecular flexibility index (Phi) is 8.94. The van der Waals surface area contributed by atoms with E-state index in [0.717, 1.165) is 4.90 Å². The number of aliphatic carboxylic acids is 2. The number of aliphatic hydroxyl groups excluding tert-OH is 2. The number of aliphatic hydroxyl groups is 2. The molecule has 3 amide bonds. The lowest BCUT2D eigenvalue weighted by molar-refractivity contribution is -0.147. The summed E-state index contributed by atoms with van der Waals surface area (Å²) in [5.41, 5.74) is 5.49. The zero-order chi connectivity index (χ0) is 22.3. The maximum atomic E-state index is 12.8. The zero-order valence-corrected chi connectivity index (χ0v) is 15.8. The summed E-state index contributed by atoms with van der Waals surface area (Å²) in [5, 5.41) is 40.7. The number of hydrogen-bond acceptors (Lipinski definition) is 8. The van der Waals surface area contributed by atoms with Crippen LogP contribution in [0.5, 0.6) is 0 Å². The van der Waals surface area contributed by atoms with E-state index in [1.807, 2.05) is 0 Å². The molecule has 164 valence electrons. The predicted octanol–water partition coefficient (Wildman–Crippen LogP) is -3.79. The first-order chi connectivity index (χ1) is 13.5. The summed E-state index contributed by atoms with van der Waals surface area (Å²) in [6, 6.07) is -5.57. The fourth-order valence-electron chi connectivity index (χ4n) is 2.82. The van der Waals surface area contributed by atoms with Crippen LogP contribution in [0.15, 0.2) is 0 Å². The molecule has 0 aromatic rings. The zero-order valence-electron chi connectivity index (χ0n) is 15.8. The van der Waals surface area contributed by atoms with Gasteiger partial charge in [-0.25, -0.2) is 4.79 Å². The van der Waals surface area contributed by atoms with Crippen LogP contribution in [0, 0.1) is 0 Å². The van der Waals surface area contributed by atoms with Crippen molar-refractivity contribution in [2.45, 2.75) is 56.5 Å². The van der Waals surface area contributed by atoms with Gasteiger partial charge in [0.25, 0.3) is 0 Å². The van der Waals surface area contributed by atoms with Crippen LogP contribution in [-0.2, 0) is 24.0 Å². The fourth-order valence-corrected chi connectivity index (χ4v) is 2.82. The number of nitrogens with zero attached hydrogens (tertiary/aromatic N) is 1. The van der Waals surface area contributed by atoms with E-state index in [1.54, 1.807) is 0 Å². The molecule has 0 aliphatic carbocycles. The molecule has 1 saturated heterocycles. The van der Waals surface area contributed by atoms with Crippen molar-refractivity contribution in [2.75, 3.05) is 13.2 Å².